The molecule has 3 fully saturated rings. The minimum absolute atomic E-state index is 0.0662. The van der Waals surface area contributed by atoms with Gasteiger partial charge in [-0.15, -0.1) is 5.10 Å². The monoisotopic (exact) mass is 743 g/mol. The van der Waals surface area contributed by atoms with Crippen molar-refractivity contribution in [3.63, 3.8) is 0 Å². The van der Waals surface area contributed by atoms with E-state index in [0.717, 1.165) is 104 Å². The van der Waals surface area contributed by atoms with E-state index in [1.54, 1.807) is 23.7 Å². The van der Waals surface area contributed by atoms with Crippen LogP contribution in [-0.2, 0) is 16.6 Å². The quantitative estimate of drug-likeness (QED) is 0.208. The number of carbonyl (C=O) groups is 2. The first-order valence-corrected chi connectivity index (χ1v) is 18.9. The highest BCUT2D eigenvalue weighted by molar-refractivity contribution is 6.00. The zero-order valence-electron chi connectivity index (χ0n) is 30.6. The molecule has 7 heterocycles. The summed E-state index contributed by atoms with van der Waals surface area (Å²) in [6.07, 6.45) is 4.29. The molecule has 55 heavy (non-hydrogen) atoms. The van der Waals surface area contributed by atoms with Gasteiger partial charge in [0.25, 0.3) is 0 Å². The van der Waals surface area contributed by atoms with Crippen LogP contribution in [0.4, 0.5) is 21.7 Å². The van der Waals surface area contributed by atoms with Crippen molar-refractivity contribution >= 4 is 45.8 Å². The van der Waals surface area contributed by atoms with Gasteiger partial charge in [0.15, 0.2) is 5.65 Å². The average Bonchev–Trinajstić information content (AvgIpc) is 3.92. The summed E-state index contributed by atoms with van der Waals surface area (Å²) in [5.74, 6) is 0.770. The van der Waals surface area contributed by atoms with Gasteiger partial charge in [0.2, 0.25) is 11.8 Å². The number of imide groups is 1. The molecule has 9 rings (SSSR count). The highest BCUT2D eigenvalue weighted by Crippen LogP contribution is 2.36. The summed E-state index contributed by atoms with van der Waals surface area (Å²) in [6, 6.07) is 22.0. The van der Waals surface area contributed by atoms with Crippen LogP contribution < -0.4 is 26.1 Å². The summed E-state index contributed by atoms with van der Waals surface area (Å²) in [5.41, 5.74) is 5.32. The minimum Gasteiger partial charge on any atom is -0.384 e. The number of nitrogens with zero attached hydrogens (tertiary/aromatic N) is 9. The van der Waals surface area contributed by atoms with Crippen molar-refractivity contribution in [1.82, 2.24) is 38.9 Å². The normalized spacial score (nSPS) is 19.5. The first-order chi connectivity index (χ1) is 26.8. The lowest BCUT2D eigenvalue weighted by Gasteiger charge is -2.35. The highest BCUT2D eigenvalue weighted by atomic mass is 19.1. The number of rotatable bonds is 9. The Kier molecular flexibility index (Phi) is 9.00. The smallest absolute Gasteiger partial charge is 0.329 e. The molecule has 282 valence electrons. The lowest BCUT2D eigenvalue weighted by atomic mass is 10.0. The standard InChI is InChI=1S/C40H42FN11O3/c1-47-33-24-28(10-11-31(33)51(40(47)55)32-12-15-38(53)45-39(32)54)42-16-18-48-19-21-49(22-20-48)36-9-3-7-29(44-36)34-25-43-35-13-14-37(46-52(34)35)50-17-4-8-30(50)26-5-2-6-27(41)23-26/h2-3,5-7,9-11,13-14,23-25,30,32,42H,4,8,12,15-22H2,1H3,(H,45,53,54). The van der Waals surface area contributed by atoms with Crippen molar-refractivity contribution in [3.8, 4) is 11.4 Å². The highest BCUT2D eigenvalue weighted by Gasteiger charge is 2.32. The number of amides is 2. The summed E-state index contributed by atoms with van der Waals surface area (Å²) in [4.78, 5) is 54.0. The van der Waals surface area contributed by atoms with Gasteiger partial charge in [-0.1, -0.05) is 18.2 Å². The number of anilines is 3. The van der Waals surface area contributed by atoms with Crippen LogP contribution in [0.15, 0.2) is 83.8 Å². The third-order valence-electron chi connectivity index (χ3n) is 11.2. The molecule has 0 radical (unpaired) electrons. The molecule has 0 spiro atoms. The zero-order chi connectivity index (χ0) is 37.6. The molecule has 3 aliphatic rings. The van der Waals surface area contributed by atoms with Gasteiger partial charge in [-0.3, -0.25) is 28.9 Å². The predicted molar refractivity (Wildman–Crippen MR) is 208 cm³/mol. The lowest BCUT2D eigenvalue weighted by Crippen LogP contribution is -2.47. The summed E-state index contributed by atoms with van der Waals surface area (Å²) in [5, 5.41) is 10.9. The maximum atomic E-state index is 14.1. The van der Waals surface area contributed by atoms with E-state index in [0.29, 0.717) is 11.9 Å². The van der Waals surface area contributed by atoms with Gasteiger partial charge < -0.3 is 15.1 Å². The Labute approximate surface area is 316 Å². The maximum Gasteiger partial charge on any atom is 0.329 e. The molecule has 2 atom stereocenters. The number of hydrogen-bond donors (Lipinski definition) is 2. The van der Waals surface area contributed by atoms with Crippen LogP contribution in [0.25, 0.3) is 28.1 Å². The predicted octanol–water partition coefficient (Wildman–Crippen LogP) is 4.14. The van der Waals surface area contributed by atoms with E-state index in [1.165, 1.54) is 10.6 Å². The van der Waals surface area contributed by atoms with E-state index < -0.39 is 11.9 Å². The molecule has 6 aromatic rings. The third kappa shape index (κ3) is 6.58. The number of imidazole rings is 2. The van der Waals surface area contributed by atoms with Crippen LogP contribution in [-0.4, -0.2) is 91.2 Å². The second kappa shape index (κ2) is 14.3. The van der Waals surface area contributed by atoms with Crippen molar-refractivity contribution in [3.05, 3.63) is 101 Å². The Bertz CT molecular complexity index is 2480. The van der Waals surface area contributed by atoms with Gasteiger partial charge in [0, 0.05) is 65.0 Å². The van der Waals surface area contributed by atoms with Gasteiger partial charge in [-0.25, -0.2) is 23.7 Å². The van der Waals surface area contributed by atoms with Gasteiger partial charge in [-0.05, 0) is 79.4 Å². The fourth-order valence-corrected chi connectivity index (χ4v) is 8.30. The Balaban J connectivity index is 0.831. The summed E-state index contributed by atoms with van der Waals surface area (Å²) < 4.78 is 19.0. The lowest BCUT2D eigenvalue weighted by molar-refractivity contribution is -0.135. The van der Waals surface area contributed by atoms with Crippen LogP contribution in [0.1, 0.15) is 43.3 Å². The molecule has 0 saturated carbocycles. The minimum atomic E-state index is -0.705. The van der Waals surface area contributed by atoms with Crippen LogP contribution in [0, 0.1) is 5.82 Å². The first kappa shape index (κ1) is 34.7. The Morgan fingerprint density at radius 3 is 2.56 bits per heavy atom. The number of fused-ring (bicyclic) bond motifs is 2. The second-order valence-electron chi connectivity index (χ2n) is 14.5. The number of aryl methyl sites for hydroxylation is 1. The number of aromatic nitrogens is 6. The Morgan fingerprint density at radius 2 is 1.73 bits per heavy atom. The zero-order valence-corrected chi connectivity index (χ0v) is 30.6. The van der Waals surface area contributed by atoms with Gasteiger partial charge in [0.05, 0.1) is 29.0 Å². The van der Waals surface area contributed by atoms with Crippen molar-refractivity contribution in [2.75, 3.05) is 60.9 Å². The second-order valence-corrected chi connectivity index (χ2v) is 14.5. The van der Waals surface area contributed by atoms with Crippen LogP contribution >= 0.6 is 0 Å². The van der Waals surface area contributed by atoms with Crippen LogP contribution in [0.3, 0.4) is 0 Å². The summed E-state index contributed by atoms with van der Waals surface area (Å²) in [6.45, 7) is 5.87. The first-order valence-electron chi connectivity index (χ1n) is 18.9. The topological polar surface area (TPSA) is 138 Å². The van der Waals surface area contributed by atoms with Crippen molar-refractivity contribution in [2.24, 2.45) is 7.05 Å². The number of hydrogen-bond acceptors (Lipinski definition) is 10. The Hall–Kier alpha value is -6.09. The molecule has 3 aliphatic heterocycles. The molecule has 2 amide bonds. The summed E-state index contributed by atoms with van der Waals surface area (Å²) in [7, 11) is 1.70. The van der Waals surface area contributed by atoms with E-state index in [4.69, 9.17) is 10.1 Å². The fourth-order valence-electron chi connectivity index (χ4n) is 8.30. The van der Waals surface area contributed by atoms with Gasteiger partial charge in [-0.2, -0.15) is 0 Å². The van der Waals surface area contributed by atoms with E-state index in [-0.39, 0.29) is 29.9 Å². The van der Waals surface area contributed by atoms with Crippen molar-refractivity contribution < 1.29 is 14.0 Å². The van der Waals surface area contributed by atoms with E-state index in [1.807, 2.05) is 65.3 Å². The average molecular weight is 744 g/mol. The molecule has 0 aliphatic carbocycles. The number of nitrogens with one attached hydrogen (secondary N) is 2. The number of carbonyl (C=O) groups excluding carboxylic acids is 2. The number of piperazine rings is 1. The van der Waals surface area contributed by atoms with Crippen LogP contribution in [0.5, 0.6) is 0 Å². The van der Waals surface area contributed by atoms with E-state index >= 15 is 0 Å². The van der Waals surface area contributed by atoms with Gasteiger partial charge >= 0.3 is 5.69 Å². The van der Waals surface area contributed by atoms with Crippen molar-refractivity contribution in [1.29, 1.82) is 0 Å². The fraction of sp³-hybridized carbons (Fsp3) is 0.350. The number of benzene rings is 2. The molecule has 0 bridgehead atoms. The molecule has 14 nitrogen and oxygen atoms in total. The number of halogens is 1. The maximum absolute atomic E-state index is 14.1. The van der Waals surface area contributed by atoms with Gasteiger partial charge in [0.1, 0.15) is 29.2 Å². The van der Waals surface area contributed by atoms with Crippen LogP contribution in [0.2, 0.25) is 0 Å². The molecule has 15 heteroatoms. The van der Waals surface area contributed by atoms with E-state index in [9.17, 15) is 18.8 Å². The van der Waals surface area contributed by atoms with Crippen molar-refractivity contribution in [2.45, 2.75) is 37.8 Å². The molecule has 2 aromatic carbocycles. The molecule has 2 unspecified atom stereocenters. The molecule has 2 N–H and O–H groups in total. The largest absolute Gasteiger partial charge is 0.384 e. The third-order valence-corrected chi connectivity index (χ3v) is 11.2. The molecular weight excluding hydrogens is 702 g/mol. The number of pyridine rings is 1. The molecule has 3 saturated heterocycles. The van der Waals surface area contributed by atoms with E-state index in [2.05, 4.69) is 30.3 Å². The summed E-state index contributed by atoms with van der Waals surface area (Å²) >= 11 is 0. The SMILES string of the molecule is Cn1c(=O)n(C2CCC(=O)NC2=O)c2ccc(NCCN3CCN(c4cccc(-c5cnc6ccc(N7CCCC7c7cccc(F)c7)nn56)n4)CC3)cc21. The number of piperidine rings is 1. The molecule has 4 aromatic heterocycles. The Morgan fingerprint density at radius 1 is 0.873 bits per heavy atom. The molecular formula is C40H42FN11O3.